The van der Waals surface area contributed by atoms with Gasteiger partial charge in [-0.1, -0.05) is 0 Å². The second-order valence-electron chi connectivity index (χ2n) is 8.12. The summed E-state index contributed by atoms with van der Waals surface area (Å²) in [7, 11) is 1.44. The first-order valence-corrected chi connectivity index (χ1v) is 9.35. The minimum atomic E-state index is -1.09. The highest BCUT2D eigenvalue weighted by Gasteiger charge is 2.46. The van der Waals surface area contributed by atoms with E-state index in [0.717, 1.165) is 4.90 Å². The first-order chi connectivity index (χ1) is 12.9. The number of amides is 3. The highest BCUT2D eigenvalue weighted by atomic mass is 16.6. The van der Waals surface area contributed by atoms with Crippen molar-refractivity contribution in [2.24, 2.45) is 0 Å². The number of aliphatic carboxylic acids is 1. The van der Waals surface area contributed by atoms with Crippen molar-refractivity contribution in [2.45, 2.75) is 76.9 Å². The number of likely N-dealkylation sites (N-methyl/N-ethyl adjacent to an activating group) is 1. The molecular formula is C18H29N3O7. The molecule has 2 aliphatic rings. The molecule has 0 radical (unpaired) electrons. The summed E-state index contributed by atoms with van der Waals surface area (Å²) in [6, 6.07) is -2.75. The Kier molecular flexibility index (Phi) is 6.53. The van der Waals surface area contributed by atoms with Crippen molar-refractivity contribution < 1.29 is 33.8 Å². The van der Waals surface area contributed by atoms with Gasteiger partial charge in [0.2, 0.25) is 11.8 Å². The highest BCUT2D eigenvalue weighted by Crippen LogP contribution is 2.29. The molecular weight excluding hydrogens is 370 g/mol. The van der Waals surface area contributed by atoms with Crippen LogP contribution in [0, 0.1) is 0 Å². The van der Waals surface area contributed by atoms with Crippen molar-refractivity contribution in [3.05, 3.63) is 0 Å². The van der Waals surface area contributed by atoms with Crippen LogP contribution in [0.4, 0.5) is 4.79 Å². The lowest BCUT2D eigenvalue weighted by molar-refractivity contribution is -0.155. The number of hydrogen-bond donors (Lipinski definition) is 2. The third-order valence-corrected chi connectivity index (χ3v) is 4.85. The van der Waals surface area contributed by atoms with E-state index < -0.39 is 53.8 Å². The lowest BCUT2D eigenvalue weighted by Gasteiger charge is -2.30. The van der Waals surface area contributed by atoms with E-state index >= 15 is 0 Å². The predicted molar refractivity (Wildman–Crippen MR) is 97.3 cm³/mol. The molecule has 0 aromatic heterocycles. The van der Waals surface area contributed by atoms with E-state index in [1.165, 1.54) is 18.9 Å². The van der Waals surface area contributed by atoms with Crippen LogP contribution in [0.2, 0.25) is 0 Å². The van der Waals surface area contributed by atoms with Gasteiger partial charge in [-0.2, -0.15) is 0 Å². The molecule has 2 N–H and O–H groups in total. The molecule has 10 heteroatoms. The number of nitrogens with zero attached hydrogens (tertiary/aromatic N) is 2. The minimum Gasteiger partial charge on any atom is -0.480 e. The standard InChI is InChI=1S/C18H29N3O7/c1-10(20(5)17(26)28-18(2,3)4)14(22)19-11-8-9-27-13-7-6-12(16(24)25)21(13)15(11)23/h10-13H,6-9H2,1-5H3,(H,19,22)(H,24,25)/t10-,11-,12+,13-/m0/s1. The zero-order valence-electron chi connectivity index (χ0n) is 16.9. The number of carboxylic acid groups (broad SMARTS) is 1. The molecule has 28 heavy (non-hydrogen) atoms. The molecule has 0 unspecified atom stereocenters. The van der Waals surface area contributed by atoms with Crippen molar-refractivity contribution in [2.75, 3.05) is 13.7 Å². The second-order valence-corrected chi connectivity index (χ2v) is 8.12. The quantitative estimate of drug-likeness (QED) is 0.707. The number of nitrogens with one attached hydrogen (secondary N) is 1. The fraction of sp³-hybridized carbons (Fsp3) is 0.778. The van der Waals surface area contributed by atoms with Crippen molar-refractivity contribution in [1.29, 1.82) is 0 Å². The molecule has 4 atom stereocenters. The summed E-state index contributed by atoms with van der Waals surface area (Å²) >= 11 is 0. The molecule has 2 fully saturated rings. The van der Waals surface area contributed by atoms with E-state index in [9.17, 15) is 24.3 Å². The smallest absolute Gasteiger partial charge is 0.410 e. The van der Waals surface area contributed by atoms with Gasteiger partial charge in [-0.05, 0) is 40.5 Å². The molecule has 0 aliphatic carbocycles. The van der Waals surface area contributed by atoms with Gasteiger partial charge >= 0.3 is 12.1 Å². The van der Waals surface area contributed by atoms with Gasteiger partial charge < -0.3 is 24.8 Å². The zero-order valence-corrected chi connectivity index (χ0v) is 16.9. The SMILES string of the molecule is C[C@@H](C(=O)N[C@H]1CCO[C@H]2CC[C@H](C(=O)O)N2C1=O)N(C)C(=O)OC(C)(C)C. The lowest BCUT2D eigenvalue weighted by atomic mass is 10.1. The number of carboxylic acids is 1. The summed E-state index contributed by atoms with van der Waals surface area (Å²) < 4.78 is 10.8. The van der Waals surface area contributed by atoms with Crippen LogP contribution >= 0.6 is 0 Å². The van der Waals surface area contributed by atoms with Crippen LogP contribution in [0.5, 0.6) is 0 Å². The number of ether oxygens (including phenoxy) is 2. The van der Waals surface area contributed by atoms with Crippen LogP contribution in [0.25, 0.3) is 0 Å². The topological polar surface area (TPSA) is 125 Å². The normalized spacial score (nSPS) is 26.1. The van der Waals surface area contributed by atoms with E-state index in [1.807, 2.05) is 0 Å². The zero-order chi connectivity index (χ0) is 21.2. The average molecular weight is 399 g/mol. The summed E-state index contributed by atoms with van der Waals surface area (Å²) in [6.45, 7) is 6.91. The van der Waals surface area contributed by atoms with Gasteiger partial charge in [-0.25, -0.2) is 9.59 Å². The molecule has 0 bridgehead atoms. The molecule has 0 aromatic rings. The van der Waals surface area contributed by atoms with Crippen LogP contribution in [0.15, 0.2) is 0 Å². The molecule has 0 spiro atoms. The monoisotopic (exact) mass is 399 g/mol. The molecule has 3 amide bonds. The summed E-state index contributed by atoms with van der Waals surface area (Å²) in [6.07, 6.45) is -0.258. The Labute approximate surface area is 164 Å². The van der Waals surface area contributed by atoms with Gasteiger partial charge in [-0.3, -0.25) is 14.5 Å². The van der Waals surface area contributed by atoms with Gasteiger partial charge in [0.25, 0.3) is 0 Å². The third-order valence-electron chi connectivity index (χ3n) is 4.85. The van der Waals surface area contributed by atoms with Crippen molar-refractivity contribution >= 4 is 23.9 Å². The van der Waals surface area contributed by atoms with Crippen molar-refractivity contribution in [3.63, 3.8) is 0 Å². The van der Waals surface area contributed by atoms with Gasteiger partial charge in [0.05, 0.1) is 6.61 Å². The predicted octanol–water partition coefficient (Wildman–Crippen LogP) is 0.549. The Hall–Kier alpha value is -2.36. The molecule has 0 aromatic carbocycles. The van der Waals surface area contributed by atoms with E-state index in [0.29, 0.717) is 12.8 Å². The van der Waals surface area contributed by atoms with Crippen LogP contribution in [-0.2, 0) is 23.9 Å². The summed E-state index contributed by atoms with van der Waals surface area (Å²) in [5, 5.41) is 12.0. The molecule has 2 rings (SSSR count). The summed E-state index contributed by atoms with van der Waals surface area (Å²) in [5.41, 5.74) is -0.702. The fourth-order valence-corrected chi connectivity index (χ4v) is 3.20. The molecule has 2 heterocycles. The lowest BCUT2D eigenvalue weighted by Crippen LogP contribution is -2.56. The van der Waals surface area contributed by atoms with E-state index in [-0.39, 0.29) is 13.0 Å². The third kappa shape index (κ3) is 4.92. The van der Waals surface area contributed by atoms with E-state index in [4.69, 9.17) is 9.47 Å². The average Bonchev–Trinajstić information content (AvgIpc) is 2.95. The van der Waals surface area contributed by atoms with Gasteiger partial charge in [0.1, 0.15) is 30.0 Å². The second kappa shape index (κ2) is 8.34. The summed E-state index contributed by atoms with van der Waals surface area (Å²) in [4.78, 5) is 51.4. The van der Waals surface area contributed by atoms with Gasteiger partial charge in [-0.15, -0.1) is 0 Å². The molecule has 10 nitrogen and oxygen atoms in total. The fourth-order valence-electron chi connectivity index (χ4n) is 3.20. The number of rotatable bonds is 4. The first kappa shape index (κ1) is 21.9. The maximum atomic E-state index is 12.9. The maximum absolute atomic E-state index is 12.9. The van der Waals surface area contributed by atoms with Gasteiger partial charge in [0, 0.05) is 13.5 Å². The number of fused-ring (bicyclic) bond motifs is 1. The highest BCUT2D eigenvalue weighted by molar-refractivity contribution is 5.93. The Morgan fingerprint density at radius 3 is 2.50 bits per heavy atom. The number of carbonyl (C=O) groups excluding carboxylic acids is 3. The van der Waals surface area contributed by atoms with Crippen molar-refractivity contribution in [1.82, 2.24) is 15.1 Å². The van der Waals surface area contributed by atoms with Crippen LogP contribution < -0.4 is 5.32 Å². The van der Waals surface area contributed by atoms with E-state index in [2.05, 4.69) is 5.32 Å². The van der Waals surface area contributed by atoms with Gasteiger partial charge in [0.15, 0.2) is 0 Å². The summed E-state index contributed by atoms with van der Waals surface area (Å²) in [5.74, 6) is -2.10. The minimum absolute atomic E-state index is 0.223. The molecule has 2 saturated heterocycles. The first-order valence-electron chi connectivity index (χ1n) is 9.35. The Balaban J connectivity index is 2.04. The Bertz CT molecular complexity index is 646. The molecule has 0 saturated carbocycles. The maximum Gasteiger partial charge on any atom is 0.410 e. The van der Waals surface area contributed by atoms with Crippen molar-refractivity contribution in [3.8, 4) is 0 Å². The number of carbonyl (C=O) groups is 4. The Morgan fingerprint density at radius 1 is 1.29 bits per heavy atom. The van der Waals surface area contributed by atoms with E-state index in [1.54, 1.807) is 20.8 Å². The largest absolute Gasteiger partial charge is 0.480 e. The molecule has 158 valence electrons. The van der Waals surface area contributed by atoms with Crippen LogP contribution in [0.3, 0.4) is 0 Å². The van der Waals surface area contributed by atoms with Crippen LogP contribution in [0.1, 0.15) is 47.0 Å². The number of hydrogen-bond acceptors (Lipinski definition) is 6. The molecule has 2 aliphatic heterocycles. The van der Waals surface area contributed by atoms with Crippen LogP contribution in [-0.4, -0.2) is 82.4 Å². The Morgan fingerprint density at radius 2 is 1.93 bits per heavy atom.